The first-order valence-electron chi connectivity index (χ1n) is 11.5. The summed E-state index contributed by atoms with van der Waals surface area (Å²) in [5.74, 6) is 1.54. The molecule has 34 heavy (non-hydrogen) atoms. The molecule has 0 bridgehead atoms. The predicted octanol–water partition coefficient (Wildman–Crippen LogP) is 3.31. The van der Waals surface area contributed by atoms with Gasteiger partial charge in [-0.2, -0.15) is 4.31 Å². The van der Waals surface area contributed by atoms with Gasteiger partial charge in [0.1, 0.15) is 23.8 Å². The van der Waals surface area contributed by atoms with Gasteiger partial charge in [0.15, 0.2) is 0 Å². The monoisotopic (exact) mass is 485 g/mol. The molecule has 1 fully saturated rings. The topological polar surface area (TPSA) is 85.1 Å². The SMILES string of the molecule is CN(CCCc1cc(-c2ccccc2)no1)CCOc1ccc(S(=O)(=O)N2CCOCC2)cc1. The number of aromatic nitrogens is 1. The molecule has 1 saturated heterocycles. The van der Waals surface area contributed by atoms with Crippen LogP contribution in [0.3, 0.4) is 0 Å². The van der Waals surface area contributed by atoms with E-state index in [1.807, 2.05) is 36.4 Å². The molecule has 1 aliphatic rings. The number of ether oxygens (including phenoxy) is 2. The Labute approximate surface area is 201 Å². The third kappa shape index (κ3) is 6.44. The van der Waals surface area contributed by atoms with Crippen molar-refractivity contribution in [3.05, 3.63) is 66.4 Å². The summed E-state index contributed by atoms with van der Waals surface area (Å²) in [4.78, 5) is 2.48. The highest BCUT2D eigenvalue weighted by Gasteiger charge is 2.26. The van der Waals surface area contributed by atoms with Crippen molar-refractivity contribution in [3.8, 4) is 17.0 Å². The van der Waals surface area contributed by atoms with Gasteiger partial charge in [0.2, 0.25) is 10.0 Å². The minimum atomic E-state index is -3.48. The van der Waals surface area contributed by atoms with Crippen LogP contribution < -0.4 is 4.74 Å². The number of benzene rings is 2. The first kappa shape index (κ1) is 24.4. The summed E-state index contributed by atoms with van der Waals surface area (Å²) < 4.78 is 43.4. The number of hydrogen-bond acceptors (Lipinski definition) is 7. The molecule has 1 aliphatic heterocycles. The fraction of sp³-hybridized carbons (Fsp3) is 0.400. The van der Waals surface area contributed by atoms with Gasteiger partial charge in [0, 0.05) is 37.7 Å². The molecular weight excluding hydrogens is 454 g/mol. The van der Waals surface area contributed by atoms with Crippen LogP contribution in [0.1, 0.15) is 12.2 Å². The molecule has 0 atom stereocenters. The summed E-state index contributed by atoms with van der Waals surface area (Å²) >= 11 is 0. The highest BCUT2D eigenvalue weighted by atomic mass is 32.2. The van der Waals surface area contributed by atoms with Crippen LogP contribution in [-0.4, -0.2) is 75.8 Å². The Hall–Kier alpha value is -2.72. The van der Waals surface area contributed by atoms with Gasteiger partial charge < -0.3 is 18.9 Å². The standard InChI is InChI=1S/C25H31N3O5S/c1-27(13-5-8-23-20-25(26-33-23)21-6-3-2-4-7-21)14-19-32-22-9-11-24(12-10-22)34(29,30)28-15-17-31-18-16-28/h2-4,6-7,9-12,20H,5,8,13-19H2,1H3. The number of likely N-dealkylation sites (N-methyl/N-ethyl adjacent to an activating group) is 1. The summed E-state index contributed by atoms with van der Waals surface area (Å²) in [6.45, 7) is 3.82. The normalized spacial score (nSPS) is 15.0. The van der Waals surface area contributed by atoms with Crippen LogP contribution in [-0.2, 0) is 21.2 Å². The van der Waals surface area contributed by atoms with Gasteiger partial charge in [-0.3, -0.25) is 0 Å². The third-order valence-electron chi connectivity index (χ3n) is 5.76. The Morgan fingerprint density at radius 2 is 1.76 bits per heavy atom. The molecule has 8 nitrogen and oxygen atoms in total. The minimum absolute atomic E-state index is 0.279. The van der Waals surface area contributed by atoms with Crippen LogP contribution in [0, 0.1) is 0 Å². The van der Waals surface area contributed by atoms with Crippen LogP contribution >= 0.6 is 0 Å². The van der Waals surface area contributed by atoms with Gasteiger partial charge >= 0.3 is 0 Å². The molecular formula is C25H31N3O5S. The van der Waals surface area contributed by atoms with E-state index in [-0.39, 0.29) is 4.90 Å². The predicted molar refractivity (Wildman–Crippen MR) is 129 cm³/mol. The average Bonchev–Trinajstić information content (AvgIpc) is 3.34. The summed E-state index contributed by atoms with van der Waals surface area (Å²) in [6.07, 6.45) is 1.78. The minimum Gasteiger partial charge on any atom is -0.492 e. The molecule has 182 valence electrons. The largest absolute Gasteiger partial charge is 0.492 e. The van der Waals surface area contributed by atoms with E-state index in [4.69, 9.17) is 14.0 Å². The quantitative estimate of drug-likeness (QED) is 0.412. The van der Waals surface area contributed by atoms with E-state index >= 15 is 0 Å². The Kier molecular flexibility index (Phi) is 8.34. The lowest BCUT2D eigenvalue weighted by Crippen LogP contribution is -2.40. The molecule has 2 aromatic carbocycles. The summed E-state index contributed by atoms with van der Waals surface area (Å²) in [5, 5.41) is 4.16. The van der Waals surface area contributed by atoms with Crippen molar-refractivity contribution in [1.82, 2.24) is 14.4 Å². The van der Waals surface area contributed by atoms with E-state index < -0.39 is 10.0 Å². The zero-order valence-electron chi connectivity index (χ0n) is 19.4. The van der Waals surface area contributed by atoms with Gasteiger partial charge in [-0.25, -0.2) is 8.42 Å². The lowest BCUT2D eigenvalue weighted by Gasteiger charge is -2.26. The maximum atomic E-state index is 12.7. The van der Waals surface area contributed by atoms with E-state index in [1.54, 1.807) is 24.3 Å². The number of morpholine rings is 1. The first-order valence-corrected chi connectivity index (χ1v) is 13.0. The average molecular weight is 486 g/mol. The Bertz CT molecular complexity index is 1130. The molecule has 4 rings (SSSR count). The summed E-state index contributed by atoms with van der Waals surface area (Å²) in [7, 11) is -1.43. The number of hydrogen-bond donors (Lipinski definition) is 0. The fourth-order valence-corrected chi connectivity index (χ4v) is 5.18. The van der Waals surface area contributed by atoms with Crippen molar-refractivity contribution in [2.24, 2.45) is 0 Å². The first-order chi connectivity index (χ1) is 16.5. The van der Waals surface area contributed by atoms with Crippen molar-refractivity contribution in [2.75, 3.05) is 53.0 Å². The Balaban J connectivity index is 1.16. The third-order valence-corrected chi connectivity index (χ3v) is 7.68. The van der Waals surface area contributed by atoms with Crippen LogP contribution in [0.25, 0.3) is 11.3 Å². The number of nitrogens with zero attached hydrogens (tertiary/aromatic N) is 3. The maximum absolute atomic E-state index is 12.7. The van der Waals surface area contributed by atoms with Crippen LogP contribution in [0.2, 0.25) is 0 Å². The Morgan fingerprint density at radius 3 is 2.50 bits per heavy atom. The van der Waals surface area contributed by atoms with Crippen molar-refractivity contribution >= 4 is 10.0 Å². The second-order valence-corrected chi connectivity index (χ2v) is 10.2. The van der Waals surface area contributed by atoms with E-state index in [0.717, 1.165) is 42.9 Å². The van der Waals surface area contributed by atoms with Crippen molar-refractivity contribution in [3.63, 3.8) is 0 Å². The number of sulfonamides is 1. The molecule has 0 saturated carbocycles. The van der Waals surface area contributed by atoms with Gasteiger partial charge in [-0.1, -0.05) is 35.5 Å². The molecule has 1 aromatic heterocycles. The van der Waals surface area contributed by atoms with Crippen LogP contribution in [0.5, 0.6) is 5.75 Å². The van der Waals surface area contributed by atoms with Gasteiger partial charge in [0.05, 0.1) is 18.1 Å². The molecule has 0 radical (unpaired) electrons. The van der Waals surface area contributed by atoms with Crippen molar-refractivity contribution in [2.45, 2.75) is 17.7 Å². The number of aryl methyl sites for hydroxylation is 1. The molecule has 0 aliphatic carbocycles. The van der Waals surface area contributed by atoms with Gasteiger partial charge in [-0.05, 0) is 44.3 Å². The lowest BCUT2D eigenvalue weighted by atomic mass is 10.1. The van der Waals surface area contributed by atoms with E-state index in [1.165, 1.54) is 4.31 Å². The molecule has 0 unspecified atom stereocenters. The van der Waals surface area contributed by atoms with E-state index in [2.05, 4.69) is 17.1 Å². The maximum Gasteiger partial charge on any atom is 0.243 e. The molecule has 0 spiro atoms. The fourth-order valence-electron chi connectivity index (χ4n) is 3.77. The second-order valence-electron chi connectivity index (χ2n) is 8.29. The second kappa shape index (κ2) is 11.6. The summed E-state index contributed by atoms with van der Waals surface area (Å²) in [5.41, 5.74) is 1.92. The molecule has 2 heterocycles. The van der Waals surface area contributed by atoms with Crippen LogP contribution in [0.15, 0.2) is 70.1 Å². The van der Waals surface area contributed by atoms with Gasteiger partial charge in [0.25, 0.3) is 0 Å². The van der Waals surface area contributed by atoms with Gasteiger partial charge in [-0.15, -0.1) is 0 Å². The molecule has 3 aromatic rings. The van der Waals surface area contributed by atoms with Crippen molar-refractivity contribution in [1.29, 1.82) is 0 Å². The highest BCUT2D eigenvalue weighted by molar-refractivity contribution is 7.89. The zero-order chi connectivity index (χ0) is 23.8. The van der Waals surface area contributed by atoms with E-state index in [9.17, 15) is 8.42 Å². The highest BCUT2D eigenvalue weighted by Crippen LogP contribution is 2.21. The van der Waals surface area contributed by atoms with Crippen LogP contribution in [0.4, 0.5) is 0 Å². The molecule has 0 amide bonds. The number of rotatable bonds is 11. The Morgan fingerprint density at radius 1 is 1.03 bits per heavy atom. The van der Waals surface area contributed by atoms with E-state index in [0.29, 0.717) is 38.7 Å². The smallest absolute Gasteiger partial charge is 0.243 e. The lowest BCUT2D eigenvalue weighted by molar-refractivity contribution is 0.0730. The molecule has 0 N–H and O–H groups in total. The molecule has 9 heteroatoms. The summed E-state index contributed by atoms with van der Waals surface area (Å²) in [6, 6.07) is 18.6. The van der Waals surface area contributed by atoms with Crippen molar-refractivity contribution < 1.29 is 22.4 Å². The zero-order valence-corrected chi connectivity index (χ0v) is 20.2.